The van der Waals surface area contributed by atoms with Gasteiger partial charge >= 0.3 is 0 Å². The van der Waals surface area contributed by atoms with Crippen molar-refractivity contribution >= 4 is 11.8 Å². The second kappa shape index (κ2) is 7.32. The van der Waals surface area contributed by atoms with E-state index in [9.17, 15) is 0 Å². The standard InChI is InChI=1S/C16H26N2S/c1-12-4-3-5-13(2)16(12)11-15(18-17)10-14-6-8-19-9-7-14/h3-5,14-15,18H,6-11,17H2,1-2H3. The predicted molar refractivity (Wildman–Crippen MR) is 85.4 cm³/mol. The van der Waals surface area contributed by atoms with E-state index in [1.54, 1.807) is 0 Å². The van der Waals surface area contributed by atoms with Crippen molar-refractivity contribution < 1.29 is 0 Å². The Labute approximate surface area is 121 Å². The van der Waals surface area contributed by atoms with Crippen LogP contribution in [0.5, 0.6) is 0 Å². The Hall–Kier alpha value is -0.510. The van der Waals surface area contributed by atoms with Crippen molar-refractivity contribution in [1.29, 1.82) is 0 Å². The number of nitrogens with two attached hydrogens (primary N) is 1. The minimum Gasteiger partial charge on any atom is -0.271 e. The molecule has 1 atom stereocenters. The Morgan fingerprint density at radius 1 is 1.26 bits per heavy atom. The molecule has 0 amide bonds. The summed E-state index contributed by atoms with van der Waals surface area (Å²) in [5, 5.41) is 0. The average molecular weight is 278 g/mol. The molecule has 0 bridgehead atoms. The fourth-order valence-electron chi connectivity index (χ4n) is 3.01. The topological polar surface area (TPSA) is 38.0 Å². The fourth-order valence-corrected chi connectivity index (χ4v) is 4.22. The molecule has 1 fully saturated rings. The van der Waals surface area contributed by atoms with Gasteiger partial charge in [-0.3, -0.25) is 11.3 Å². The van der Waals surface area contributed by atoms with Crippen LogP contribution in [-0.2, 0) is 6.42 Å². The lowest BCUT2D eigenvalue weighted by Crippen LogP contribution is -2.39. The second-order valence-electron chi connectivity index (χ2n) is 5.73. The van der Waals surface area contributed by atoms with Crippen LogP contribution in [0.15, 0.2) is 18.2 Å². The third-order valence-corrected chi connectivity index (χ3v) is 5.34. The average Bonchev–Trinajstić information content (AvgIpc) is 2.43. The molecule has 1 saturated heterocycles. The molecule has 1 heterocycles. The van der Waals surface area contributed by atoms with Crippen LogP contribution in [0.3, 0.4) is 0 Å². The van der Waals surface area contributed by atoms with Crippen molar-refractivity contribution in [2.24, 2.45) is 11.8 Å². The quantitative estimate of drug-likeness (QED) is 0.641. The SMILES string of the molecule is Cc1cccc(C)c1CC(CC1CCSCC1)NN. The van der Waals surface area contributed by atoms with E-state index in [-0.39, 0.29) is 0 Å². The van der Waals surface area contributed by atoms with E-state index in [2.05, 4.69) is 49.2 Å². The highest BCUT2D eigenvalue weighted by Gasteiger charge is 2.19. The molecular formula is C16H26N2S. The van der Waals surface area contributed by atoms with Crippen LogP contribution in [0.4, 0.5) is 0 Å². The minimum atomic E-state index is 0.410. The maximum Gasteiger partial charge on any atom is 0.0253 e. The van der Waals surface area contributed by atoms with E-state index < -0.39 is 0 Å². The van der Waals surface area contributed by atoms with Crippen molar-refractivity contribution in [3.05, 3.63) is 34.9 Å². The van der Waals surface area contributed by atoms with Gasteiger partial charge in [0.1, 0.15) is 0 Å². The lowest BCUT2D eigenvalue weighted by Gasteiger charge is -2.26. The molecule has 1 aromatic carbocycles. The van der Waals surface area contributed by atoms with Crippen molar-refractivity contribution in [1.82, 2.24) is 5.43 Å². The molecule has 0 aromatic heterocycles. The summed E-state index contributed by atoms with van der Waals surface area (Å²) in [5.41, 5.74) is 7.29. The van der Waals surface area contributed by atoms with Crippen molar-refractivity contribution in [2.45, 2.75) is 45.6 Å². The van der Waals surface area contributed by atoms with Gasteiger partial charge in [-0.1, -0.05) is 18.2 Å². The van der Waals surface area contributed by atoms with E-state index >= 15 is 0 Å². The zero-order valence-corrected chi connectivity index (χ0v) is 12.9. The normalized spacial score (nSPS) is 18.5. The first-order valence-electron chi connectivity index (χ1n) is 7.29. The van der Waals surface area contributed by atoms with E-state index in [4.69, 9.17) is 5.84 Å². The summed E-state index contributed by atoms with van der Waals surface area (Å²) in [5.74, 6) is 9.29. The van der Waals surface area contributed by atoms with Crippen molar-refractivity contribution in [3.63, 3.8) is 0 Å². The van der Waals surface area contributed by atoms with E-state index in [1.807, 2.05) is 0 Å². The van der Waals surface area contributed by atoms with Gasteiger partial charge in [-0.05, 0) is 73.6 Å². The highest BCUT2D eigenvalue weighted by atomic mass is 32.2. The maximum atomic E-state index is 5.78. The van der Waals surface area contributed by atoms with Gasteiger partial charge in [0.15, 0.2) is 0 Å². The summed E-state index contributed by atoms with van der Waals surface area (Å²) < 4.78 is 0. The Kier molecular flexibility index (Phi) is 5.74. The van der Waals surface area contributed by atoms with Crippen LogP contribution in [0, 0.1) is 19.8 Å². The van der Waals surface area contributed by atoms with Crippen LogP contribution in [-0.4, -0.2) is 17.5 Å². The van der Waals surface area contributed by atoms with E-state index in [1.165, 1.54) is 47.5 Å². The third-order valence-electron chi connectivity index (χ3n) is 4.29. The second-order valence-corrected chi connectivity index (χ2v) is 6.95. The van der Waals surface area contributed by atoms with E-state index in [0.717, 1.165) is 12.3 Å². The van der Waals surface area contributed by atoms with Crippen LogP contribution in [0.25, 0.3) is 0 Å². The van der Waals surface area contributed by atoms with Gasteiger partial charge in [0.05, 0.1) is 0 Å². The number of rotatable bonds is 5. The number of benzene rings is 1. The first-order valence-corrected chi connectivity index (χ1v) is 8.45. The lowest BCUT2D eigenvalue weighted by atomic mass is 9.89. The molecule has 1 aromatic rings. The molecule has 2 rings (SSSR count). The summed E-state index contributed by atoms with van der Waals surface area (Å²) in [6.45, 7) is 4.40. The molecule has 0 aliphatic carbocycles. The third kappa shape index (κ3) is 4.23. The Morgan fingerprint density at radius 3 is 2.47 bits per heavy atom. The van der Waals surface area contributed by atoms with Crippen molar-refractivity contribution in [3.8, 4) is 0 Å². The number of aryl methyl sites for hydroxylation is 2. The van der Waals surface area contributed by atoms with Gasteiger partial charge < -0.3 is 0 Å². The molecule has 19 heavy (non-hydrogen) atoms. The highest BCUT2D eigenvalue weighted by Crippen LogP contribution is 2.27. The molecule has 1 aliphatic heterocycles. The molecular weight excluding hydrogens is 252 g/mol. The fraction of sp³-hybridized carbons (Fsp3) is 0.625. The summed E-state index contributed by atoms with van der Waals surface area (Å²) in [6.07, 6.45) is 4.98. The number of hydrazine groups is 1. The van der Waals surface area contributed by atoms with Gasteiger partial charge in [-0.2, -0.15) is 11.8 Å². The first kappa shape index (κ1) is 14.9. The number of hydrogen-bond acceptors (Lipinski definition) is 3. The monoisotopic (exact) mass is 278 g/mol. The molecule has 0 radical (unpaired) electrons. The predicted octanol–water partition coefficient (Wildman–Crippen LogP) is 3.21. The summed E-state index contributed by atoms with van der Waals surface area (Å²) in [7, 11) is 0. The number of nitrogens with one attached hydrogen (secondary N) is 1. The molecule has 0 saturated carbocycles. The Bertz CT molecular complexity index is 379. The summed E-state index contributed by atoms with van der Waals surface area (Å²) in [6, 6.07) is 6.95. The van der Waals surface area contributed by atoms with Crippen LogP contribution in [0.2, 0.25) is 0 Å². The molecule has 0 spiro atoms. The van der Waals surface area contributed by atoms with Gasteiger partial charge in [-0.15, -0.1) is 0 Å². The van der Waals surface area contributed by atoms with E-state index in [0.29, 0.717) is 6.04 Å². The Morgan fingerprint density at radius 2 is 1.89 bits per heavy atom. The van der Waals surface area contributed by atoms with Gasteiger partial charge in [0.2, 0.25) is 0 Å². The summed E-state index contributed by atoms with van der Waals surface area (Å²) in [4.78, 5) is 0. The van der Waals surface area contributed by atoms with Crippen LogP contribution >= 0.6 is 11.8 Å². The van der Waals surface area contributed by atoms with Gasteiger partial charge in [-0.25, -0.2) is 0 Å². The van der Waals surface area contributed by atoms with Crippen LogP contribution < -0.4 is 11.3 Å². The zero-order chi connectivity index (χ0) is 13.7. The number of thioether (sulfide) groups is 1. The zero-order valence-electron chi connectivity index (χ0n) is 12.1. The molecule has 3 heteroatoms. The van der Waals surface area contributed by atoms with Gasteiger partial charge in [0, 0.05) is 6.04 Å². The molecule has 1 aliphatic rings. The Balaban J connectivity index is 1.98. The smallest absolute Gasteiger partial charge is 0.0253 e. The highest BCUT2D eigenvalue weighted by molar-refractivity contribution is 7.99. The first-order chi connectivity index (χ1) is 9.20. The van der Waals surface area contributed by atoms with Crippen LogP contribution in [0.1, 0.15) is 36.0 Å². The maximum absolute atomic E-state index is 5.78. The number of hydrogen-bond donors (Lipinski definition) is 2. The molecule has 1 unspecified atom stereocenters. The molecule has 2 nitrogen and oxygen atoms in total. The lowest BCUT2D eigenvalue weighted by molar-refractivity contribution is 0.365. The van der Waals surface area contributed by atoms with Crippen molar-refractivity contribution in [2.75, 3.05) is 11.5 Å². The summed E-state index contributed by atoms with van der Waals surface area (Å²) >= 11 is 2.09. The minimum absolute atomic E-state index is 0.410. The van der Waals surface area contributed by atoms with Gasteiger partial charge in [0.25, 0.3) is 0 Å². The largest absolute Gasteiger partial charge is 0.271 e. The molecule has 3 N–H and O–H groups in total. The molecule has 106 valence electrons.